The second-order valence-corrected chi connectivity index (χ2v) is 6.48. The molecule has 0 saturated carbocycles. The van der Waals surface area contributed by atoms with Crippen molar-refractivity contribution in [2.75, 3.05) is 5.32 Å². The molecule has 1 aromatic heterocycles. The van der Waals surface area contributed by atoms with Crippen molar-refractivity contribution in [1.29, 1.82) is 0 Å². The molecule has 0 aliphatic rings. The monoisotopic (exact) mass is 389 g/mol. The Hall–Kier alpha value is -2.76. The van der Waals surface area contributed by atoms with Gasteiger partial charge >= 0.3 is 5.97 Å². The van der Waals surface area contributed by atoms with Gasteiger partial charge in [0.05, 0.1) is 5.56 Å². The number of amides is 1. The number of furan rings is 1. The van der Waals surface area contributed by atoms with Gasteiger partial charge in [0, 0.05) is 21.3 Å². The highest BCUT2D eigenvalue weighted by atomic mass is 35.5. The summed E-state index contributed by atoms with van der Waals surface area (Å²) in [4.78, 5) is 23.5. The Bertz CT molecular complexity index is 990. The summed E-state index contributed by atoms with van der Waals surface area (Å²) in [6, 6.07) is 12.6. The summed E-state index contributed by atoms with van der Waals surface area (Å²) >= 11 is 12.0. The third-order valence-electron chi connectivity index (χ3n) is 3.71. The molecule has 1 heterocycles. The number of halogens is 2. The lowest BCUT2D eigenvalue weighted by Crippen LogP contribution is -2.12. The van der Waals surface area contributed by atoms with Gasteiger partial charge in [-0.25, -0.2) is 4.79 Å². The fraction of sp³-hybridized carbons (Fsp3) is 0.0526. The van der Waals surface area contributed by atoms with Crippen LogP contribution in [0.1, 0.15) is 26.5 Å². The molecule has 2 aromatic carbocycles. The van der Waals surface area contributed by atoms with E-state index >= 15 is 0 Å². The van der Waals surface area contributed by atoms with Crippen LogP contribution in [0.3, 0.4) is 0 Å². The van der Waals surface area contributed by atoms with Gasteiger partial charge in [-0.1, -0.05) is 29.3 Å². The van der Waals surface area contributed by atoms with Crippen molar-refractivity contribution < 1.29 is 19.1 Å². The normalized spacial score (nSPS) is 10.6. The molecule has 0 saturated heterocycles. The van der Waals surface area contributed by atoms with Crippen molar-refractivity contribution in [3.63, 3.8) is 0 Å². The highest BCUT2D eigenvalue weighted by molar-refractivity contribution is 6.35. The summed E-state index contributed by atoms with van der Waals surface area (Å²) in [7, 11) is 0. The van der Waals surface area contributed by atoms with Crippen LogP contribution in [0.5, 0.6) is 0 Å². The number of aryl methyl sites for hydroxylation is 1. The van der Waals surface area contributed by atoms with Crippen LogP contribution < -0.4 is 5.32 Å². The van der Waals surface area contributed by atoms with E-state index in [0.717, 1.165) is 5.56 Å². The predicted molar refractivity (Wildman–Crippen MR) is 100 cm³/mol. The zero-order valence-electron chi connectivity index (χ0n) is 13.5. The number of carbonyl (C=O) groups excluding carboxylic acids is 1. The first kappa shape index (κ1) is 18.0. The van der Waals surface area contributed by atoms with Gasteiger partial charge in [-0.2, -0.15) is 0 Å². The predicted octanol–water partition coefficient (Wildman–Crippen LogP) is 5.51. The van der Waals surface area contributed by atoms with Gasteiger partial charge in [-0.3, -0.25) is 4.79 Å². The number of carboxylic acid groups (broad SMARTS) is 1. The highest BCUT2D eigenvalue weighted by Crippen LogP contribution is 2.29. The van der Waals surface area contributed by atoms with Gasteiger partial charge in [0.2, 0.25) is 0 Å². The van der Waals surface area contributed by atoms with E-state index in [4.69, 9.17) is 32.7 Å². The molecule has 0 spiro atoms. The number of hydrogen-bond donors (Lipinski definition) is 2. The first-order valence-electron chi connectivity index (χ1n) is 7.55. The average molecular weight is 390 g/mol. The van der Waals surface area contributed by atoms with E-state index in [1.54, 1.807) is 37.3 Å². The number of hydrogen-bond acceptors (Lipinski definition) is 3. The summed E-state index contributed by atoms with van der Waals surface area (Å²) < 4.78 is 5.59. The Balaban J connectivity index is 1.85. The van der Waals surface area contributed by atoms with E-state index in [1.165, 1.54) is 18.2 Å². The Morgan fingerprint density at radius 1 is 1.00 bits per heavy atom. The molecule has 0 fully saturated rings. The topological polar surface area (TPSA) is 79.5 Å². The van der Waals surface area contributed by atoms with E-state index in [1.807, 2.05) is 0 Å². The van der Waals surface area contributed by atoms with Gasteiger partial charge in [0.1, 0.15) is 5.76 Å². The molecule has 0 atom stereocenters. The third-order valence-corrected chi connectivity index (χ3v) is 4.15. The van der Waals surface area contributed by atoms with Crippen molar-refractivity contribution >= 4 is 40.8 Å². The fourth-order valence-corrected chi connectivity index (χ4v) is 2.91. The molecule has 26 heavy (non-hydrogen) atoms. The molecule has 1 amide bonds. The maximum atomic E-state index is 12.4. The van der Waals surface area contributed by atoms with E-state index in [2.05, 4.69) is 5.32 Å². The maximum absolute atomic E-state index is 12.4. The standard InChI is InChI=1S/C19H13Cl2NO4/c1-10-2-3-11(19(24)25)8-15(10)22-18(23)17-5-4-16(26-17)12-6-13(20)9-14(21)7-12/h2-9H,1H3,(H,22,23)(H,24,25). The molecular weight excluding hydrogens is 377 g/mol. The lowest BCUT2D eigenvalue weighted by atomic mass is 10.1. The lowest BCUT2D eigenvalue weighted by Gasteiger charge is -2.08. The second-order valence-electron chi connectivity index (χ2n) is 5.61. The molecule has 0 aliphatic carbocycles. The Labute approximate surface area is 159 Å². The average Bonchev–Trinajstić information content (AvgIpc) is 3.06. The first-order chi connectivity index (χ1) is 12.3. The van der Waals surface area contributed by atoms with Crippen LogP contribution in [0.2, 0.25) is 10.0 Å². The molecule has 132 valence electrons. The van der Waals surface area contributed by atoms with Gasteiger partial charge in [-0.15, -0.1) is 0 Å². The smallest absolute Gasteiger partial charge is 0.335 e. The number of rotatable bonds is 4. The molecule has 5 nitrogen and oxygen atoms in total. The number of carbonyl (C=O) groups is 2. The van der Waals surface area contributed by atoms with E-state index in [0.29, 0.717) is 27.1 Å². The molecule has 0 radical (unpaired) electrons. The molecule has 0 unspecified atom stereocenters. The van der Waals surface area contributed by atoms with Crippen LogP contribution in [-0.4, -0.2) is 17.0 Å². The summed E-state index contributed by atoms with van der Waals surface area (Å²) in [6.07, 6.45) is 0. The Morgan fingerprint density at radius 3 is 2.35 bits per heavy atom. The van der Waals surface area contributed by atoms with Crippen LogP contribution >= 0.6 is 23.2 Å². The van der Waals surface area contributed by atoms with E-state index < -0.39 is 11.9 Å². The Kier molecular flexibility index (Phi) is 5.02. The molecule has 7 heteroatoms. The van der Waals surface area contributed by atoms with Gasteiger partial charge in [0.15, 0.2) is 5.76 Å². The van der Waals surface area contributed by atoms with Crippen molar-refractivity contribution in [2.45, 2.75) is 6.92 Å². The van der Waals surface area contributed by atoms with Gasteiger partial charge in [-0.05, 0) is 55.0 Å². The van der Waals surface area contributed by atoms with Gasteiger partial charge < -0.3 is 14.8 Å². The first-order valence-corrected chi connectivity index (χ1v) is 8.30. The minimum Gasteiger partial charge on any atom is -0.478 e. The largest absolute Gasteiger partial charge is 0.478 e. The summed E-state index contributed by atoms with van der Waals surface area (Å²) in [5.74, 6) is -1.04. The minimum absolute atomic E-state index is 0.0798. The lowest BCUT2D eigenvalue weighted by molar-refractivity contribution is 0.0696. The van der Waals surface area contributed by atoms with Crippen LogP contribution in [-0.2, 0) is 0 Å². The van der Waals surface area contributed by atoms with Crippen LogP contribution in [0.4, 0.5) is 5.69 Å². The summed E-state index contributed by atoms with van der Waals surface area (Å²) in [5.41, 5.74) is 1.86. The molecule has 3 rings (SSSR count). The minimum atomic E-state index is -1.07. The zero-order chi connectivity index (χ0) is 18.8. The van der Waals surface area contributed by atoms with Crippen LogP contribution in [0.25, 0.3) is 11.3 Å². The number of anilines is 1. The van der Waals surface area contributed by atoms with Crippen molar-refractivity contribution in [3.05, 3.63) is 75.5 Å². The maximum Gasteiger partial charge on any atom is 0.335 e. The SMILES string of the molecule is Cc1ccc(C(=O)O)cc1NC(=O)c1ccc(-c2cc(Cl)cc(Cl)c2)o1. The Morgan fingerprint density at radius 2 is 1.69 bits per heavy atom. The summed E-state index contributed by atoms with van der Waals surface area (Å²) in [5, 5.41) is 12.6. The highest BCUT2D eigenvalue weighted by Gasteiger charge is 2.15. The quantitative estimate of drug-likeness (QED) is 0.616. The van der Waals surface area contributed by atoms with Gasteiger partial charge in [0.25, 0.3) is 5.91 Å². The van der Waals surface area contributed by atoms with E-state index in [-0.39, 0.29) is 11.3 Å². The van der Waals surface area contributed by atoms with Crippen LogP contribution in [0.15, 0.2) is 52.9 Å². The van der Waals surface area contributed by atoms with E-state index in [9.17, 15) is 9.59 Å². The number of carboxylic acids is 1. The number of benzene rings is 2. The molecular formula is C19H13Cl2NO4. The van der Waals surface area contributed by atoms with Crippen molar-refractivity contribution in [2.24, 2.45) is 0 Å². The molecule has 0 aliphatic heterocycles. The zero-order valence-corrected chi connectivity index (χ0v) is 15.1. The van der Waals surface area contributed by atoms with Crippen molar-refractivity contribution in [1.82, 2.24) is 0 Å². The fourth-order valence-electron chi connectivity index (χ4n) is 2.38. The second kappa shape index (κ2) is 7.23. The number of nitrogens with one attached hydrogen (secondary N) is 1. The van der Waals surface area contributed by atoms with Crippen molar-refractivity contribution in [3.8, 4) is 11.3 Å². The van der Waals surface area contributed by atoms with Crippen LogP contribution in [0, 0.1) is 6.92 Å². The summed E-state index contributed by atoms with van der Waals surface area (Å²) in [6.45, 7) is 1.77. The third kappa shape index (κ3) is 3.90. The molecule has 2 N–H and O–H groups in total. The number of aromatic carboxylic acids is 1. The molecule has 0 bridgehead atoms. The molecule has 3 aromatic rings.